The maximum atomic E-state index is 4.71. The van der Waals surface area contributed by atoms with Crippen LogP contribution in [-0.2, 0) is 12.2 Å². The monoisotopic (exact) mass is 458 g/mol. The van der Waals surface area contributed by atoms with E-state index in [0.29, 0.717) is 5.95 Å². The molecule has 3 aromatic carbocycles. The second-order valence-electron chi connectivity index (χ2n) is 7.34. The van der Waals surface area contributed by atoms with Crippen molar-refractivity contribution in [2.75, 3.05) is 18.2 Å². The third-order valence-electron chi connectivity index (χ3n) is 5.23. The van der Waals surface area contributed by atoms with E-state index in [1.807, 2.05) is 48.5 Å². The van der Waals surface area contributed by atoms with Gasteiger partial charge in [0.2, 0.25) is 5.95 Å². The molecule has 0 radical (unpaired) electrons. The topological polar surface area (TPSA) is 41.9 Å². The first kappa shape index (κ1) is 22.4. The molecule has 32 heavy (non-hydrogen) atoms. The second kappa shape index (κ2) is 10.7. The van der Waals surface area contributed by atoms with E-state index in [9.17, 15) is 0 Å². The van der Waals surface area contributed by atoms with Crippen LogP contribution >= 0.6 is 23.5 Å². The number of aromatic nitrogens is 3. The summed E-state index contributed by atoms with van der Waals surface area (Å²) in [5.74, 6) is 1.46. The van der Waals surface area contributed by atoms with Gasteiger partial charge in [0.25, 0.3) is 0 Å². The second-order valence-corrected chi connectivity index (χ2v) is 9.05. The lowest BCUT2D eigenvalue weighted by Gasteiger charge is -2.17. The van der Waals surface area contributed by atoms with Gasteiger partial charge in [-0.25, -0.2) is 0 Å². The molecule has 0 saturated carbocycles. The minimum atomic E-state index is 0.656. The molecule has 0 aliphatic carbocycles. The fourth-order valence-corrected chi connectivity index (χ4v) is 4.47. The largest absolute Gasteiger partial charge is 0.313 e. The lowest BCUT2D eigenvalue weighted by molar-refractivity contribution is 0.791. The number of benzene rings is 3. The quantitative estimate of drug-likeness (QED) is 0.268. The Morgan fingerprint density at radius 2 is 1.31 bits per heavy atom. The summed E-state index contributed by atoms with van der Waals surface area (Å²) in [6, 6.07) is 27.7. The third-order valence-corrected chi connectivity index (χ3v) is 6.69. The molecule has 6 heteroatoms. The standard InChI is InChI=1S/C26H26N4S2/c1-4-19-10-14-21(15-11-19)22-16-12-20(13-17-22)18-32-26-28-24(27-25(29-26)31-3)30(2)23-8-6-5-7-9-23/h5-17H,4,18H2,1-3H3. The van der Waals surface area contributed by atoms with Gasteiger partial charge in [-0.1, -0.05) is 97.2 Å². The Labute approximate surface area is 198 Å². The van der Waals surface area contributed by atoms with Crippen LogP contribution < -0.4 is 4.90 Å². The number of rotatable bonds is 8. The predicted octanol–water partition coefficient (Wildman–Crippen LogP) is 6.88. The molecule has 0 amide bonds. The summed E-state index contributed by atoms with van der Waals surface area (Å²) in [5, 5.41) is 1.47. The molecule has 162 valence electrons. The smallest absolute Gasteiger partial charge is 0.234 e. The molecule has 4 nitrogen and oxygen atoms in total. The summed E-state index contributed by atoms with van der Waals surface area (Å²) in [4.78, 5) is 15.9. The summed E-state index contributed by atoms with van der Waals surface area (Å²) in [7, 11) is 1.98. The van der Waals surface area contributed by atoms with Gasteiger partial charge in [-0.05, 0) is 47.1 Å². The van der Waals surface area contributed by atoms with Crippen molar-refractivity contribution in [3.05, 3.63) is 90.0 Å². The van der Waals surface area contributed by atoms with Gasteiger partial charge in [0.1, 0.15) is 0 Å². The Morgan fingerprint density at radius 1 is 0.719 bits per heavy atom. The average molecular weight is 459 g/mol. The van der Waals surface area contributed by atoms with Crippen LogP contribution in [0.4, 0.5) is 11.6 Å². The van der Waals surface area contributed by atoms with Crippen LogP contribution in [0.25, 0.3) is 11.1 Å². The Morgan fingerprint density at radius 3 is 1.91 bits per heavy atom. The van der Waals surface area contributed by atoms with Crippen LogP contribution in [0, 0.1) is 0 Å². The summed E-state index contributed by atoms with van der Waals surface area (Å²) < 4.78 is 0. The van der Waals surface area contributed by atoms with Gasteiger partial charge in [0.15, 0.2) is 10.3 Å². The van der Waals surface area contributed by atoms with Gasteiger partial charge in [0, 0.05) is 18.5 Å². The van der Waals surface area contributed by atoms with Crippen molar-refractivity contribution >= 4 is 35.2 Å². The van der Waals surface area contributed by atoms with E-state index in [-0.39, 0.29) is 0 Å². The average Bonchev–Trinajstić information content (AvgIpc) is 2.87. The number of thioether (sulfide) groups is 2. The SMILES string of the molecule is CCc1ccc(-c2ccc(CSc3nc(SC)nc(N(C)c4ccccc4)n3)cc2)cc1. The molecule has 0 spiro atoms. The van der Waals surface area contributed by atoms with Crippen molar-refractivity contribution in [1.29, 1.82) is 0 Å². The maximum Gasteiger partial charge on any atom is 0.234 e. The number of hydrogen-bond acceptors (Lipinski definition) is 6. The van der Waals surface area contributed by atoms with Crippen LogP contribution in [0.15, 0.2) is 89.2 Å². The molecule has 0 aliphatic heterocycles. The Kier molecular flexibility index (Phi) is 7.45. The van der Waals surface area contributed by atoms with E-state index in [1.54, 1.807) is 11.8 Å². The van der Waals surface area contributed by atoms with Crippen molar-refractivity contribution in [2.45, 2.75) is 29.4 Å². The molecule has 0 aliphatic rings. The van der Waals surface area contributed by atoms with Crippen LogP contribution in [0.2, 0.25) is 0 Å². The van der Waals surface area contributed by atoms with Gasteiger partial charge >= 0.3 is 0 Å². The lowest BCUT2D eigenvalue weighted by Crippen LogP contribution is -2.14. The molecule has 0 bridgehead atoms. The molecule has 0 atom stereocenters. The van der Waals surface area contributed by atoms with Crippen LogP contribution in [0.5, 0.6) is 0 Å². The first-order chi connectivity index (χ1) is 15.7. The molecule has 4 aromatic rings. The molecule has 1 aromatic heterocycles. The number of aryl methyl sites for hydroxylation is 1. The highest BCUT2D eigenvalue weighted by Gasteiger charge is 2.12. The maximum absolute atomic E-state index is 4.71. The number of hydrogen-bond donors (Lipinski definition) is 0. The zero-order valence-corrected chi connectivity index (χ0v) is 20.2. The van der Waals surface area contributed by atoms with E-state index in [1.165, 1.54) is 34.0 Å². The minimum Gasteiger partial charge on any atom is -0.313 e. The summed E-state index contributed by atoms with van der Waals surface area (Å²) in [6.45, 7) is 2.18. The van der Waals surface area contributed by atoms with Crippen molar-refractivity contribution in [3.63, 3.8) is 0 Å². The van der Waals surface area contributed by atoms with E-state index in [0.717, 1.165) is 28.2 Å². The predicted molar refractivity (Wildman–Crippen MR) is 137 cm³/mol. The van der Waals surface area contributed by atoms with Crippen molar-refractivity contribution in [1.82, 2.24) is 15.0 Å². The fraction of sp³-hybridized carbons (Fsp3) is 0.192. The highest BCUT2D eigenvalue weighted by molar-refractivity contribution is 7.99. The zero-order valence-electron chi connectivity index (χ0n) is 18.5. The number of nitrogens with zero attached hydrogens (tertiary/aromatic N) is 4. The molecule has 1 heterocycles. The first-order valence-corrected chi connectivity index (χ1v) is 12.8. The van der Waals surface area contributed by atoms with Crippen molar-refractivity contribution < 1.29 is 0 Å². The normalized spacial score (nSPS) is 10.8. The number of para-hydroxylation sites is 1. The molecule has 4 rings (SSSR count). The summed E-state index contributed by atoms with van der Waals surface area (Å²) in [5.41, 5.74) is 6.13. The lowest BCUT2D eigenvalue weighted by atomic mass is 10.0. The van der Waals surface area contributed by atoms with Gasteiger partial charge in [-0.3, -0.25) is 0 Å². The highest BCUT2D eigenvalue weighted by Crippen LogP contribution is 2.27. The van der Waals surface area contributed by atoms with Crippen LogP contribution in [0.1, 0.15) is 18.1 Å². The van der Waals surface area contributed by atoms with E-state index < -0.39 is 0 Å². The first-order valence-electron chi connectivity index (χ1n) is 10.6. The summed E-state index contributed by atoms with van der Waals surface area (Å²) >= 11 is 3.17. The Hall–Kier alpha value is -2.83. The fourth-order valence-electron chi connectivity index (χ4n) is 3.28. The molecule has 0 unspecified atom stereocenters. The molecular weight excluding hydrogens is 432 g/mol. The molecule has 0 N–H and O–H groups in total. The van der Waals surface area contributed by atoms with Crippen LogP contribution in [-0.4, -0.2) is 28.3 Å². The van der Waals surface area contributed by atoms with Gasteiger partial charge in [-0.2, -0.15) is 15.0 Å². The summed E-state index contributed by atoms with van der Waals surface area (Å²) in [6.07, 6.45) is 3.05. The third kappa shape index (κ3) is 5.50. The van der Waals surface area contributed by atoms with Crippen molar-refractivity contribution in [2.24, 2.45) is 0 Å². The van der Waals surface area contributed by atoms with Gasteiger partial charge in [-0.15, -0.1) is 0 Å². The Balaban J connectivity index is 1.47. The van der Waals surface area contributed by atoms with E-state index >= 15 is 0 Å². The van der Waals surface area contributed by atoms with Crippen LogP contribution in [0.3, 0.4) is 0 Å². The van der Waals surface area contributed by atoms with Gasteiger partial charge < -0.3 is 4.90 Å². The van der Waals surface area contributed by atoms with Crippen molar-refractivity contribution in [3.8, 4) is 11.1 Å². The zero-order chi connectivity index (χ0) is 22.3. The molecule has 0 saturated heterocycles. The van der Waals surface area contributed by atoms with E-state index in [4.69, 9.17) is 4.98 Å². The highest BCUT2D eigenvalue weighted by atomic mass is 32.2. The number of anilines is 2. The molecular formula is C26H26N4S2. The van der Waals surface area contributed by atoms with Gasteiger partial charge in [0.05, 0.1) is 0 Å². The Bertz CT molecular complexity index is 1150. The molecule has 0 fully saturated rings. The minimum absolute atomic E-state index is 0.656. The van der Waals surface area contributed by atoms with E-state index in [2.05, 4.69) is 65.4 Å².